The molecule has 0 saturated carbocycles. The van der Waals surface area contributed by atoms with E-state index in [4.69, 9.17) is 0 Å². The lowest BCUT2D eigenvalue weighted by molar-refractivity contribution is 0.172. The zero-order valence-electron chi connectivity index (χ0n) is 11.9. The third-order valence-electron chi connectivity index (χ3n) is 4.22. The lowest BCUT2D eigenvalue weighted by atomic mass is 9.91. The van der Waals surface area contributed by atoms with Crippen molar-refractivity contribution in [2.24, 2.45) is 5.92 Å². The predicted octanol–water partition coefficient (Wildman–Crippen LogP) is 3.53. The SMILES string of the molecule is CCN1CCCC(C(C)Nc2ccccc2C)C1. The molecule has 1 aromatic carbocycles. The number of benzene rings is 1. The van der Waals surface area contributed by atoms with E-state index < -0.39 is 0 Å². The molecule has 2 heteroatoms. The second-order valence-electron chi connectivity index (χ2n) is 5.54. The third-order valence-corrected chi connectivity index (χ3v) is 4.22. The van der Waals surface area contributed by atoms with Crippen LogP contribution in [0.25, 0.3) is 0 Å². The zero-order valence-corrected chi connectivity index (χ0v) is 11.9. The molecule has 0 aliphatic carbocycles. The molecule has 1 heterocycles. The minimum absolute atomic E-state index is 0.556. The van der Waals surface area contributed by atoms with Gasteiger partial charge in [-0.2, -0.15) is 0 Å². The maximum atomic E-state index is 3.70. The lowest BCUT2D eigenvalue weighted by Crippen LogP contribution is -2.41. The van der Waals surface area contributed by atoms with Crippen molar-refractivity contribution in [3.8, 4) is 0 Å². The van der Waals surface area contributed by atoms with Gasteiger partial charge in [-0.15, -0.1) is 0 Å². The average molecular weight is 246 g/mol. The number of likely N-dealkylation sites (tertiary alicyclic amines) is 1. The Hall–Kier alpha value is -1.02. The van der Waals surface area contributed by atoms with Crippen LogP contribution in [-0.4, -0.2) is 30.6 Å². The summed E-state index contributed by atoms with van der Waals surface area (Å²) in [5.74, 6) is 0.776. The Kier molecular flexibility index (Phi) is 4.65. The van der Waals surface area contributed by atoms with Crippen LogP contribution in [0, 0.1) is 12.8 Å². The Bertz CT molecular complexity index is 375. The van der Waals surface area contributed by atoms with Crippen molar-refractivity contribution in [1.82, 2.24) is 4.90 Å². The van der Waals surface area contributed by atoms with E-state index in [0.29, 0.717) is 6.04 Å². The number of nitrogens with one attached hydrogen (secondary N) is 1. The molecule has 0 radical (unpaired) electrons. The first kappa shape index (κ1) is 13.4. The second-order valence-corrected chi connectivity index (χ2v) is 5.54. The molecule has 2 atom stereocenters. The highest BCUT2D eigenvalue weighted by atomic mass is 15.1. The summed E-state index contributed by atoms with van der Waals surface area (Å²) < 4.78 is 0. The molecular formula is C16H26N2. The van der Waals surface area contributed by atoms with Crippen molar-refractivity contribution in [3.05, 3.63) is 29.8 Å². The molecule has 0 amide bonds. The molecular weight excluding hydrogens is 220 g/mol. The average Bonchev–Trinajstić information content (AvgIpc) is 2.41. The van der Waals surface area contributed by atoms with E-state index in [9.17, 15) is 0 Å². The number of piperidine rings is 1. The summed E-state index contributed by atoms with van der Waals surface area (Å²) in [6.45, 7) is 10.5. The fourth-order valence-corrected chi connectivity index (χ4v) is 2.88. The first-order chi connectivity index (χ1) is 8.70. The Morgan fingerprint density at radius 2 is 2.17 bits per heavy atom. The van der Waals surface area contributed by atoms with Gasteiger partial charge in [0.15, 0.2) is 0 Å². The molecule has 18 heavy (non-hydrogen) atoms. The number of hydrogen-bond donors (Lipinski definition) is 1. The van der Waals surface area contributed by atoms with Crippen molar-refractivity contribution in [3.63, 3.8) is 0 Å². The Labute approximate surface area is 111 Å². The highest BCUT2D eigenvalue weighted by Crippen LogP contribution is 2.23. The first-order valence-corrected chi connectivity index (χ1v) is 7.25. The van der Waals surface area contributed by atoms with Gasteiger partial charge in [0.1, 0.15) is 0 Å². The van der Waals surface area contributed by atoms with Crippen molar-refractivity contribution >= 4 is 5.69 Å². The molecule has 1 aromatic rings. The van der Waals surface area contributed by atoms with Gasteiger partial charge in [0, 0.05) is 18.3 Å². The standard InChI is InChI=1S/C16H26N2/c1-4-18-11-7-9-15(12-18)14(3)17-16-10-6-5-8-13(16)2/h5-6,8,10,14-15,17H,4,7,9,11-12H2,1-3H3. The van der Waals surface area contributed by atoms with Crippen LogP contribution in [0.2, 0.25) is 0 Å². The minimum atomic E-state index is 0.556. The summed E-state index contributed by atoms with van der Waals surface area (Å²) in [4.78, 5) is 2.57. The first-order valence-electron chi connectivity index (χ1n) is 7.25. The highest BCUT2D eigenvalue weighted by Gasteiger charge is 2.23. The fraction of sp³-hybridized carbons (Fsp3) is 0.625. The van der Waals surface area contributed by atoms with Crippen LogP contribution < -0.4 is 5.32 Å². The second kappa shape index (κ2) is 6.24. The van der Waals surface area contributed by atoms with Gasteiger partial charge in [0.2, 0.25) is 0 Å². The third kappa shape index (κ3) is 3.26. The maximum Gasteiger partial charge on any atom is 0.0372 e. The van der Waals surface area contributed by atoms with E-state index in [1.165, 1.54) is 43.7 Å². The molecule has 1 aliphatic heterocycles. The number of nitrogens with zero attached hydrogens (tertiary/aromatic N) is 1. The van der Waals surface area contributed by atoms with Gasteiger partial charge in [-0.05, 0) is 57.3 Å². The molecule has 0 spiro atoms. The van der Waals surface area contributed by atoms with E-state index in [2.05, 4.69) is 55.3 Å². The minimum Gasteiger partial charge on any atom is -0.382 e. The van der Waals surface area contributed by atoms with E-state index in [-0.39, 0.29) is 0 Å². The molecule has 100 valence electrons. The van der Waals surface area contributed by atoms with Crippen molar-refractivity contribution in [2.45, 2.75) is 39.7 Å². The van der Waals surface area contributed by atoms with Crippen molar-refractivity contribution in [2.75, 3.05) is 25.0 Å². The molecule has 1 fully saturated rings. The molecule has 2 rings (SSSR count). The van der Waals surface area contributed by atoms with Crippen LogP contribution in [0.1, 0.15) is 32.3 Å². The van der Waals surface area contributed by atoms with E-state index in [1.54, 1.807) is 0 Å². The Balaban J connectivity index is 1.95. The summed E-state index contributed by atoms with van der Waals surface area (Å²) >= 11 is 0. The van der Waals surface area contributed by atoms with Crippen LogP contribution >= 0.6 is 0 Å². The predicted molar refractivity (Wildman–Crippen MR) is 79.1 cm³/mol. The highest BCUT2D eigenvalue weighted by molar-refractivity contribution is 5.50. The van der Waals surface area contributed by atoms with Crippen LogP contribution in [-0.2, 0) is 0 Å². The number of anilines is 1. The molecule has 1 saturated heterocycles. The van der Waals surface area contributed by atoms with Gasteiger partial charge in [-0.1, -0.05) is 25.1 Å². The van der Waals surface area contributed by atoms with Gasteiger partial charge in [0.25, 0.3) is 0 Å². The topological polar surface area (TPSA) is 15.3 Å². The van der Waals surface area contributed by atoms with Crippen LogP contribution in [0.5, 0.6) is 0 Å². The quantitative estimate of drug-likeness (QED) is 0.874. The maximum absolute atomic E-state index is 3.70. The van der Waals surface area contributed by atoms with Crippen molar-refractivity contribution < 1.29 is 0 Å². The van der Waals surface area contributed by atoms with E-state index in [0.717, 1.165) is 5.92 Å². The zero-order chi connectivity index (χ0) is 13.0. The molecule has 0 bridgehead atoms. The number of aryl methyl sites for hydroxylation is 1. The summed E-state index contributed by atoms with van der Waals surface area (Å²) in [6.07, 6.45) is 2.70. The van der Waals surface area contributed by atoms with Gasteiger partial charge < -0.3 is 10.2 Å². The summed E-state index contributed by atoms with van der Waals surface area (Å²) in [7, 11) is 0. The number of para-hydroxylation sites is 1. The number of rotatable bonds is 4. The molecule has 2 unspecified atom stereocenters. The molecule has 1 aliphatic rings. The Morgan fingerprint density at radius 3 is 2.89 bits per heavy atom. The number of hydrogen-bond acceptors (Lipinski definition) is 2. The fourth-order valence-electron chi connectivity index (χ4n) is 2.88. The Morgan fingerprint density at radius 1 is 1.39 bits per heavy atom. The molecule has 0 aromatic heterocycles. The van der Waals surface area contributed by atoms with Crippen LogP contribution in [0.3, 0.4) is 0 Å². The van der Waals surface area contributed by atoms with Gasteiger partial charge in [-0.25, -0.2) is 0 Å². The molecule has 2 nitrogen and oxygen atoms in total. The largest absolute Gasteiger partial charge is 0.382 e. The van der Waals surface area contributed by atoms with Crippen molar-refractivity contribution in [1.29, 1.82) is 0 Å². The van der Waals surface area contributed by atoms with E-state index in [1.807, 2.05) is 0 Å². The lowest BCUT2D eigenvalue weighted by Gasteiger charge is -2.36. The monoisotopic (exact) mass is 246 g/mol. The summed E-state index contributed by atoms with van der Waals surface area (Å²) in [6, 6.07) is 9.13. The van der Waals surface area contributed by atoms with Crippen LogP contribution in [0.15, 0.2) is 24.3 Å². The van der Waals surface area contributed by atoms with Crippen LogP contribution in [0.4, 0.5) is 5.69 Å². The molecule has 1 N–H and O–H groups in total. The van der Waals surface area contributed by atoms with Gasteiger partial charge in [-0.3, -0.25) is 0 Å². The van der Waals surface area contributed by atoms with E-state index >= 15 is 0 Å². The van der Waals surface area contributed by atoms with Gasteiger partial charge in [0.05, 0.1) is 0 Å². The van der Waals surface area contributed by atoms with Gasteiger partial charge >= 0.3 is 0 Å². The summed E-state index contributed by atoms with van der Waals surface area (Å²) in [5.41, 5.74) is 2.63. The smallest absolute Gasteiger partial charge is 0.0372 e. The normalized spacial score (nSPS) is 22.7. The summed E-state index contributed by atoms with van der Waals surface area (Å²) in [5, 5.41) is 3.70.